The predicted molar refractivity (Wildman–Crippen MR) is 130 cm³/mol. The van der Waals surface area contributed by atoms with E-state index < -0.39 is 23.9 Å². The number of carboxylic acids is 1. The monoisotopic (exact) mass is 466 g/mol. The molecule has 2 unspecified atom stereocenters. The molecule has 2 atom stereocenters. The number of carbonyl (C=O) groups is 3. The molecule has 3 N–H and O–H groups in total. The molecule has 0 fully saturated rings. The van der Waals surface area contributed by atoms with Crippen molar-refractivity contribution < 1.29 is 24.2 Å². The number of rotatable bonds is 11. The molecule has 1 aliphatic rings. The minimum absolute atomic E-state index is 0.0335. The smallest absolute Gasteiger partial charge is 0.407 e. The van der Waals surface area contributed by atoms with Crippen LogP contribution < -0.4 is 10.6 Å². The SMILES string of the molecule is CCCC(CNC(=O)C(CNC(=O)OCC1c2ccccc2-c2ccccc21)C(C)C)C(=O)O. The maximum absolute atomic E-state index is 12.7. The largest absolute Gasteiger partial charge is 0.481 e. The summed E-state index contributed by atoms with van der Waals surface area (Å²) in [7, 11) is 0. The van der Waals surface area contributed by atoms with Crippen LogP contribution in [-0.4, -0.2) is 42.8 Å². The van der Waals surface area contributed by atoms with Crippen molar-refractivity contribution in [3.05, 3.63) is 59.7 Å². The van der Waals surface area contributed by atoms with Gasteiger partial charge in [0.2, 0.25) is 5.91 Å². The lowest BCUT2D eigenvalue weighted by molar-refractivity contribution is -0.142. The summed E-state index contributed by atoms with van der Waals surface area (Å²) in [5.41, 5.74) is 4.59. The van der Waals surface area contributed by atoms with Crippen molar-refractivity contribution in [1.29, 1.82) is 0 Å². The number of benzene rings is 2. The third kappa shape index (κ3) is 5.95. The van der Waals surface area contributed by atoms with Gasteiger partial charge in [0.25, 0.3) is 0 Å². The van der Waals surface area contributed by atoms with Gasteiger partial charge in [0.15, 0.2) is 0 Å². The Labute approximate surface area is 200 Å². The number of ether oxygens (including phenoxy) is 1. The Hall–Kier alpha value is -3.35. The van der Waals surface area contributed by atoms with E-state index in [2.05, 4.69) is 34.9 Å². The lowest BCUT2D eigenvalue weighted by Gasteiger charge is -2.22. The predicted octanol–water partition coefficient (Wildman–Crippen LogP) is 4.41. The molecular formula is C27H34N2O5. The molecule has 2 aromatic carbocycles. The molecule has 0 saturated heterocycles. The van der Waals surface area contributed by atoms with Crippen LogP contribution in [0.25, 0.3) is 11.1 Å². The van der Waals surface area contributed by atoms with Gasteiger partial charge in [-0.15, -0.1) is 0 Å². The van der Waals surface area contributed by atoms with Crippen molar-refractivity contribution in [2.24, 2.45) is 17.8 Å². The van der Waals surface area contributed by atoms with Crippen LogP contribution in [0.15, 0.2) is 48.5 Å². The number of hydrogen-bond donors (Lipinski definition) is 3. The average Bonchev–Trinajstić information content (AvgIpc) is 3.14. The molecule has 0 heterocycles. The molecule has 3 rings (SSSR count). The first-order valence-corrected chi connectivity index (χ1v) is 11.9. The zero-order valence-corrected chi connectivity index (χ0v) is 20.0. The summed E-state index contributed by atoms with van der Waals surface area (Å²) in [6.45, 7) is 6.10. The van der Waals surface area contributed by atoms with Gasteiger partial charge in [-0.25, -0.2) is 4.79 Å². The van der Waals surface area contributed by atoms with Crippen molar-refractivity contribution in [1.82, 2.24) is 10.6 Å². The molecule has 2 amide bonds. The van der Waals surface area contributed by atoms with Gasteiger partial charge >= 0.3 is 12.1 Å². The highest BCUT2D eigenvalue weighted by Gasteiger charge is 2.29. The normalized spacial score (nSPS) is 14.1. The van der Waals surface area contributed by atoms with Crippen LogP contribution in [-0.2, 0) is 14.3 Å². The van der Waals surface area contributed by atoms with Crippen molar-refractivity contribution >= 4 is 18.0 Å². The standard InChI is InChI=1S/C27H34N2O5/c1-4-9-18(26(31)32)14-28-25(30)23(17(2)3)15-29-27(33)34-16-24-21-12-7-5-10-19(21)20-11-6-8-13-22(20)24/h5-8,10-13,17-18,23-24H,4,9,14-16H2,1-3H3,(H,28,30)(H,29,33)(H,31,32). The van der Waals surface area contributed by atoms with E-state index in [1.807, 2.05) is 45.0 Å². The highest BCUT2D eigenvalue weighted by atomic mass is 16.5. The highest BCUT2D eigenvalue weighted by Crippen LogP contribution is 2.44. The third-order valence-electron chi connectivity index (χ3n) is 6.46. The van der Waals surface area contributed by atoms with E-state index in [-0.39, 0.29) is 37.4 Å². The minimum Gasteiger partial charge on any atom is -0.481 e. The summed E-state index contributed by atoms with van der Waals surface area (Å²) >= 11 is 0. The second-order valence-electron chi connectivity index (χ2n) is 9.13. The Morgan fingerprint density at radius 3 is 2.06 bits per heavy atom. The van der Waals surface area contributed by atoms with Crippen LogP contribution in [0.5, 0.6) is 0 Å². The van der Waals surface area contributed by atoms with Crippen molar-refractivity contribution in [3.8, 4) is 11.1 Å². The van der Waals surface area contributed by atoms with E-state index in [4.69, 9.17) is 4.74 Å². The maximum atomic E-state index is 12.7. The summed E-state index contributed by atoms with van der Waals surface area (Å²) in [5, 5.41) is 14.7. The van der Waals surface area contributed by atoms with Gasteiger partial charge in [-0.05, 0) is 34.6 Å². The molecule has 2 aromatic rings. The number of alkyl carbamates (subject to hydrolysis) is 1. The van der Waals surface area contributed by atoms with Crippen molar-refractivity contribution in [3.63, 3.8) is 0 Å². The molecule has 34 heavy (non-hydrogen) atoms. The molecule has 0 aromatic heterocycles. The Morgan fingerprint density at radius 1 is 0.941 bits per heavy atom. The Morgan fingerprint density at radius 2 is 1.53 bits per heavy atom. The Balaban J connectivity index is 1.54. The average molecular weight is 467 g/mol. The number of carboxylic acid groups (broad SMARTS) is 1. The number of aliphatic carboxylic acids is 1. The first-order valence-electron chi connectivity index (χ1n) is 11.9. The van der Waals surface area contributed by atoms with E-state index >= 15 is 0 Å². The van der Waals surface area contributed by atoms with E-state index in [0.29, 0.717) is 6.42 Å². The van der Waals surface area contributed by atoms with Crippen LogP contribution in [0.3, 0.4) is 0 Å². The van der Waals surface area contributed by atoms with E-state index in [1.165, 1.54) is 0 Å². The maximum Gasteiger partial charge on any atom is 0.407 e. The molecule has 0 aliphatic heterocycles. The molecule has 0 radical (unpaired) electrons. The zero-order chi connectivity index (χ0) is 24.7. The molecule has 0 saturated carbocycles. The van der Waals surface area contributed by atoms with Crippen molar-refractivity contribution in [2.45, 2.75) is 39.5 Å². The number of nitrogens with one attached hydrogen (secondary N) is 2. The molecule has 1 aliphatic carbocycles. The number of hydrogen-bond acceptors (Lipinski definition) is 4. The molecule has 7 heteroatoms. The number of amides is 2. The van der Waals surface area contributed by atoms with Gasteiger partial charge in [-0.1, -0.05) is 75.7 Å². The van der Waals surface area contributed by atoms with Gasteiger partial charge in [0.1, 0.15) is 6.61 Å². The third-order valence-corrected chi connectivity index (χ3v) is 6.46. The fourth-order valence-electron chi connectivity index (χ4n) is 4.49. The van der Waals surface area contributed by atoms with Gasteiger partial charge in [0, 0.05) is 19.0 Å². The summed E-state index contributed by atoms with van der Waals surface area (Å²) in [6, 6.07) is 16.3. The molecule has 182 valence electrons. The van der Waals surface area contributed by atoms with E-state index in [1.54, 1.807) is 0 Å². The molecule has 0 spiro atoms. The fraction of sp³-hybridized carbons (Fsp3) is 0.444. The van der Waals surface area contributed by atoms with Crippen LogP contribution in [0, 0.1) is 17.8 Å². The van der Waals surface area contributed by atoms with Crippen LogP contribution in [0.4, 0.5) is 4.79 Å². The van der Waals surface area contributed by atoms with Crippen LogP contribution in [0.2, 0.25) is 0 Å². The lowest BCUT2D eigenvalue weighted by Crippen LogP contribution is -2.43. The summed E-state index contributed by atoms with van der Waals surface area (Å²) in [6.07, 6.45) is 0.652. The quantitative estimate of drug-likeness (QED) is 0.455. The molecule has 7 nitrogen and oxygen atoms in total. The lowest BCUT2D eigenvalue weighted by atomic mass is 9.94. The second kappa shape index (κ2) is 11.7. The van der Waals surface area contributed by atoms with Gasteiger partial charge in [-0.2, -0.15) is 0 Å². The topological polar surface area (TPSA) is 105 Å². The van der Waals surface area contributed by atoms with Crippen LogP contribution in [0.1, 0.15) is 50.7 Å². The summed E-state index contributed by atoms with van der Waals surface area (Å²) < 4.78 is 5.55. The molecule has 0 bridgehead atoms. The van der Waals surface area contributed by atoms with Gasteiger partial charge in [-0.3, -0.25) is 9.59 Å². The van der Waals surface area contributed by atoms with E-state index in [9.17, 15) is 19.5 Å². The Bertz CT molecular complexity index is 974. The van der Waals surface area contributed by atoms with Gasteiger partial charge in [0.05, 0.1) is 11.8 Å². The zero-order valence-electron chi connectivity index (χ0n) is 20.0. The highest BCUT2D eigenvalue weighted by molar-refractivity contribution is 5.81. The first kappa shape index (κ1) is 25.3. The number of fused-ring (bicyclic) bond motifs is 3. The summed E-state index contributed by atoms with van der Waals surface area (Å²) in [4.78, 5) is 36.5. The minimum atomic E-state index is -0.917. The second-order valence-corrected chi connectivity index (χ2v) is 9.13. The number of carbonyl (C=O) groups excluding carboxylic acids is 2. The van der Waals surface area contributed by atoms with Crippen molar-refractivity contribution in [2.75, 3.05) is 19.7 Å². The first-order chi connectivity index (χ1) is 16.3. The van der Waals surface area contributed by atoms with Crippen LogP contribution >= 0.6 is 0 Å². The van der Waals surface area contributed by atoms with E-state index in [0.717, 1.165) is 28.7 Å². The molecular weight excluding hydrogens is 432 g/mol. The fourth-order valence-corrected chi connectivity index (χ4v) is 4.49. The summed E-state index contributed by atoms with van der Waals surface area (Å²) in [5.74, 6) is -2.36. The van der Waals surface area contributed by atoms with Gasteiger partial charge < -0.3 is 20.5 Å². The Kier molecular flexibility index (Phi) is 8.68.